The Hall–Kier alpha value is -2.81. The van der Waals surface area contributed by atoms with Crippen LogP contribution in [0.25, 0.3) is 6.08 Å². The lowest BCUT2D eigenvalue weighted by molar-refractivity contribution is -0.131. The van der Waals surface area contributed by atoms with Gasteiger partial charge in [0.15, 0.2) is 5.16 Å². The number of nitrogens with zero attached hydrogens (tertiary/aromatic N) is 2. The summed E-state index contributed by atoms with van der Waals surface area (Å²) in [6, 6.07) is 6.78. The molecule has 0 atom stereocenters. The van der Waals surface area contributed by atoms with Gasteiger partial charge in [0, 0.05) is 18.3 Å². The number of benzene rings is 1. The Morgan fingerprint density at radius 3 is 2.72 bits per heavy atom. The van der Waals surface area contributed by atoms with Gasteiger partial charge in [-0.2, -0.15) is 0 Å². The van der Waals surface area contributed by atoms with Crippen LogP contribution in [0.15, 0.2) is 40.3 Å². The van der Waals surface area contributed by atoms with Gasteiger partial charge in [0.2, 0.25) is 5.91 Å². The smallest absolute Gasteiger partial charge is 0.343 e. The first-order valence-electron chi connectivity index (χ1n) is 7.58. The normalized spacial score (nSPS) is 10.9. The maximum atomic E-state index is 12.0. The minimum atomic E-state index is -1.02. The van der Waals surface area contributed by atoms with E-state index in [9.17, 15) is 14.4 Å². The van der Waals surface area contributed by atoms with Crippen LogP contribution in [0.4, 0.5) is 5.69 Å². The van der Waals surface area contributed by atoms with Gasteiger partial charge in [-0.1, -0.05) is 30.8 Å². The van der Waals surface area contributed by atoms with E-state index in [1.807, 2.05) is 6.92 Å². The largest absolute Gasteiger partial charge is 0.478 e. The van der Waals surface area contributed by atoms with Crippen molar-refractivity contribution in [3.05, 3.63) is 46.4 Å². The predicted molar refractivity (Wildman–Crippen MR) is 95.6 cm³/mol. The van der Waals surface area contributed by atoms with E-state index >= 15 is 0 Å². The predicted octanol–water partition coefficient (Wildman–Crippen LogP) is 1.81. The molecule has 2 rings (SSSR count). The third kappa shape index (κ3) is 5.64. The zero-order valence-electron chi connectivity index (χ0n) is 13.6. The average Bonchev–Trinajstić information content (AvgIpc) is 2.93. The molecule has 25 heavy (non-hydrogen) atoms. The Bertz CT molecular complexity index is 823. The number of nitrogens with one attached hydrogen (secondary N) is 2. The van der Waals surface area contributed by atoms with Crippen molar-refractivity contribution in [2.45, 2.75) is 25.0 Å². The SMILES string of the molecule is CCCn1c(SCC(=O)Nc2ccc(/C=C/C(=O)O)cc2)n[nH]c1=O. The number of hydrogen-bond acceptors (Lipinski definition) is 5. The van der Waals surface area contributed by atoms with Gasteiger partial charge in [-0.05, 0) is 30.2 Å². The molecule has 0 unspecified atom stereocenters. The molecule has 1 amide bonds. The zero-order valence-corrected chi connectivity index (χ0v) is 14.4. The van der Waals surface area contributed by atoms with E-state index in [-0.39, 0.29) is 17.3 Å². The molecule has 0 spiro atoms. The van der Waals surface area contributed by atoms with E-state index in [1.54, 1.807) is 24.3 Å². The van der Waals surface area contributed by atoms with Gasteiger partial charge in [0.25, 0.3) is 0 Å². The van der Waals surface area contributed by atoms with Crippen molar-refractivity contribution in [1.29, 1.82) is 0 Å². The van der Waals surface area contributed by atoms with Gasteiger partial charge < -0.3 is 10.4 Å². The molecule has 9 heteroatoms. The number of anilines is 1. The number of aromatic nitrogens is 3. The third-order valence-corrected chi connectivity index (χ3v) is 4.09. The highest BCUT2D eigenvalue weighted by atomic mass is 32.2. The van der Waals surface area contributed by atoms with Crippen LogP contribution in [0.1, 0.15) is 18.9 Å². The summed E-state index contributed by atoms with van der Waals surface area (Å²) in [5.41, 5.74) is 1.04. The van der Waals surface area contributed by atoms with Crippen LogP contribution in [0.2, 0.25) is 0 Å². The fraction of sp³-hybridized carbons (Fsp3) is 0.250. The summed E-state index contributed by atoms with van der Waals surface area (Å²) in [5, 5.41) is 18.1. The van der Waals surface area contributed by atoms with Crippen LogP contribution in [0.3, 0.4) is 0 Å². The van der Waals surface area contributed by atoms with Gasteiger partial charge in [0.05, 0.1) is 5.75 Å². The number of hydrogen-bond donors (Lipinski definition) is 3. The number of thioether (sulfide) groups is 1. The van der Waals surface area contributed by atoms with Crippen LogP contribution >= 0.6 is 11.8 Å². The molecule has 0 aliphatic carbocycles. The number of carboxylic acids is 1. The second-order valence-corrected chi connectivity index (χ2v) is 6.04. The fourth-order valence-electron chi connectivity index (χ4n) is 2.01. The van der Waals surface area contributed by atoms with Crippen molar-refractivity contribution >= 4 is 35.4 Å². The molecule has 0 radical (unpaired) electrons. The monoisotopic (exact) mass is 362 g/mol. The zero-order chi connectivity index (χ0) is 18.2. The Morgan fingerprint density at radius 2 is 2.08 bits per heavy atom. The van der Waals surface area contributed by atoms with Gasteiger partial charge in [-0.3, -0.25) is 9.36 Å². The summed E-state index contributed by atoms with van der Waals surface area (Å²) in [5.74, 6) is -1.12. The Labute approximate surface area is 147 Å². The average molecular weight is 362 g/mol. The van der Waals surface area contributed by atoms with E-state index in [1.165, 1.54) is 22.4 Å². The molecule has 2 aromatic rings. The van der Waals surface area contributed by atoms with E-state index in [4.69, 9.17) is 5.11 Å². The maximum absolute atomic E-state index is 12.0. The van der Waals surface area contributed by atoms with E-state index in [0.717, 1.165) is 18.1 Å². The van der Waals surface area contributed by atoms with Crippen LogP contribution in [0, 0.1) is 0 Å². The molecular weight excluding hydrogens is 344 g/mol. The molecule has 0 aliphatic heterocycles. The van der Waals surface area contributed by atoms with Crippen molar-refractivity contribution in [3.63, 3.8) is 0 Å². The van der Waals surface area contributed by atoms with Gasteiger partial charge in [-0.25, -0.2) is 14.7 Å². The Morgan fingerprint density at radius 1 is 1.36 bits per heavy atom. The lowest BCUT2D eigenvalue weighted by Crippen LogP contribution is -2.18. The number of carbonyl (C=O) groups excluding carboxylic acids is 1. The number of rotatable bonds is 8. The first-order chi connectivity index (χ1) is 12.0. The quantitative estimate of drug-likeness (QED) is 0.487. The summed E-state index contributed by atoms with van der Waals surface area (Å²) >= 11 is 1.18. The number of amides is 1. The molecule has 0 saturated carbocycles. The molecule has 0 saturated heterocycles. The first kappa shape index (κ1) is 18.5. The fourth-order valence-corrected chi connectivity index (χ4v) is 2.78. The van der Waals surface area contributed by atoms with Crippen molar-refractivity contribution in [1.82, 2.24) is 14.8 Å². The second kappa shape index (κ2) is 8.88. The molecule has 3 N–H and O–H groups in total. The van der Waals surface area contributed by atoms with E-state index < -0.39 is 5.97 Å². The summed E-state index contributed by atoms with van der Waals surface area (Å²) in [4.78, 5) is 34.1. The summed E-state index contributed by atoms with van der Waals surface area (Å²) < 4.78 is 1.50. The molecule has 0 aliphatic rings. The number of H-pyrrole nitrogens is 1. The molecular formula is C16H18N4O4S. The number of aliphatic carboxylic acids is 1. The summed E-state index contributed by atoms with van der Waals surface area (Å²) in [6.45, 7) is 2.50. The van der Waals surface area contributed by atoms with Crippen LogP contribution in [-0.2, 0) is 16.1 Å². The highest BCUT2D eigenvalue weighted by molar-refractivity contribution is 7.99. The van der Waals surface area contributed by atoms with Crippen molar-refractivity contribution in [3.8, 4) is 0 Å². The standard InChI is InChI=1S/C16H18N4O4S/c1-2-9-20-15(24)18-19-16(20)25-10-13(21)17-12-6-3-11(4-7-12)5-8-14(22)23/h3-8H,2,9-10H2,1H3,(H,17,21)(H,18,24)(H,22,23)/b8-5+. The number of aromatic amines is 1. The van der Waals surface area contributed by atoms with E-state index in [2.05, 4.69) is 15.5 Å². The number of carboxylic acid groups (broad SMARTS) is 1. The van der Waals surface area contributed by atoms with Gasteiger partial charge in [0.1, 0.15) is 0 Å². The molecule has 1 aromatic carbocycles. The Kier molecular flexibility index (Phi) is 6.58. The molecule has 8 nitrogen and oxygen atoms in total. The maximum Gasteiger partial charge on any atom is 0.343 e. The summed E-state index contributed by atoms with van der Waals surface area (Å²) in [6.07, 6.45) is 3.31. The lowest BCUT2D eigenvalue weighted by Gasteiger charge is -2.06. The minimum Gasteiger partial charge on any atom is -0.478 e. The molecule has 132 valence electrons. The number of carbonyl (C=O) groups is 2. The van der Waals surface area contributed by atoms with Gasteiger partial charge in [-0.15, -0.1) is 5.10 Å². The minimum absolute atomic E-state index is 0.120. The van der Waals surface area contributed by atoms with Crippen LogP contribution in [0.5, 0.6) is 0 Å². The van der Waals surface area contributed by atoms with Crippen molar-refractivity contribution in [2.24, 2.45) is 0 Å². The highest BCUT2D eigenvalue weighted by Crippen LogP contribution is 2.15. The first-order valence-corrected chi connectivity index (χ1v) is 8.57. The van der Waals surface area contributed by atoms with Crippen LogP contribution in [-0.4, -0.2) is 37.5 Å². The van der Waals surface area contributed by atoms with Crippen molar-refractivity contribution < 1.29 is 14.7 Å². The molecule has 1 aromatic heterocycles. The van der Waals surface area contributed by atoms with Crippen LogP contribution < -0.4 is 11.0 Å². The lowest BCUT2D eigenvalue weighted by atomic mass is 10.2. The van der Waals surface area contributed by atoms with E-state index in [0.29, 0.717) is 17.4 Å². The molecule has 1 heterocycles. The second-order valence-electron chi connectivity index (χ2n) is 5.09. The third-order valence-electron chi connectivity index (χ3n) is 3.12. The van der Waals surface area contributed by atoms with Crippen molar-refractivity contribution in [2.75, 3.05) is 11.1 Å². The highest BCUT2D eigenvalue weighted by Gasteiger charge is 2.11. The topological polar surface area (TPSA) is 117 Å². The summed E-state index contributed by atoms with van der Waals surface area (Å²) in [7, 11) is 0. The van der Waals surface area contributed by atoms with Gasteiger partial charge >= 0.3 is 11.7 Å². The molecule has 0 fully saturated rings. The Balaban J connectivity index is 1.90. The molecule has 0 bridgehead atoms.